The van der Waals surface area contributed by atoms with Gasteiger partial charge in [0.1, 0.15) is 19.3 Å². The average molecular weight is 1240 g/mol. The Morgan fingerprint density at radius 1 is 0.321 bits per heavy atom. The molecular formula is C65H126O17P2. The summed E-state index contributed by atoms with van der Waals surface area (Å²) in [5.41, 5.74) is 0. The van der Waals surface area contributed by atoms with Gasteiger partial charge in [-0.05, 0) is 37.5 Å². The van der Waals surface area contributed by atoms with Crippen molar-refractivity contribution in [1.82, 2.24) is 0 Å². The number of hydrogen-bond donors (Lipinski definition) is 3. The van der Waals surface area contributed by atoms with Gasteiger partial charge in [-0.2, -0.15) is 0 Å². The molecule has 84 heavy (non-hydrogen) atoms. The van der Waals surface area contributed by atoms with Crippen LogP contribution in [-0.2, 0) is 65.4 Å². The highest BCUT2D eigenvalue weighted by Gasteiger charge is 2.30. The number of carbonyl (C=O) groups excluding carboxylic acids is 4. The smallest absolute Gasteiger partial charge is 0.462 e. The summed E-state index contributed by atoms with van der Waals surface area (Å²) in [5, 5.41) is 10.5. The molecule has 0 aromatic heterocycles. The van der Waals surface area contributed by atoms with Crippen molar-refractivity contribution in [3.05, 3.63) is 0 Å². The monoisotopic (exact) mass is 1240 g/mol. The molecule has 0 aromatic rings. The zero-order valence-electron chi connectivity index (χ0n) is 54.2. The molecule has 0 aliphatic heterocycles. The number of aliphatic hydroxyl groups is 1. The third-order valence-electron chi connectivity index (χ3n) is 15.0. The third-order valence-corrected chi connectivity index (χ3v) is 16.9. The molecular weight excluding hydrogens is 1110 g/mol. The van der Waals surface area contributed by atoms with Crippen LogP contribution in [0.5, 0.6) is 0 Å². The highest BCUT2D eigenvalue weighted by Crippen LogP contribution is 2.45. The number of hydrogen-bond acceptors (Lipinski definition) is 15. The molecule has 0 aliphatic rings. The minimum atomic E-state index is -4.95. The van der Waals surface area contributed by atoms with Crippen molar-refractivity contribution in [2.75, 3.05) is 39.6 Å². The van der Waals surface area contributed by atoms with Gasteiger partial charge in [-0.1, -0.05) is 273 Å². The van der Waals surface area contributed by atoms with Gasteiger partial charge in [0.25, 0.3) is 0 Å². The molecule has 0 spiro atoms. The molecule has 0 bridgehead atoms. The highest BCUT2D eigenvalue weighted by atomic mass is 31.2. The van der Waals surface area contributed by atoms with Crippen LogP contribution < -0.4 is 0 Å². The van der Waals surface area contributed by atoms with Crippen LogP contribution in [0.25, 0.3) is 0 Å². The maximum atomic E-state index is 13.0. The first-order valence-electron chi connectivity index (χ1n) is 34.0. The van der Waals surface area contributed by atoms with Crippen LogP contribution in [0.2, 0.25) is 0 Å². The fraction of sp³-hybridized carbons (Fsp3) is 0.938. The first-order chi connectivity index (χ1) is 40.4. The topological polar surface area (TPSA) is 237 Å². The van der Waals surface area contributed by atoms with Gasteiger partial charge in [0, 0.05) is 25.7 Å². The van der Waals surface area contributed by atoms with Crippen molar-refractivity contribution in [2.24, 2.45) is 11.8 Å². The Bertz CT molecular complexity index is 1650. The average Bonchev–Trinajstić information content (AvgIpc) is 3.51. The Morgan fingerprint density at radius 3 is 0.810 bits per heavy atom. The van der Waals surface area contributed by atoms with Crippen LogP contribution in [0.4, 0.5) is 0 Å². The van der Waals surface area contributed by atoms with E-state index >= 15 is 0 Å². The van der Waals surface area contributed by atoms with E-state index in [1.165, 1.54) is 128 Å². The predicted octanol–water partition coefficient (Wildman–Crippen LogP) is 18.0. The van der Waals surface area contributed by atoms with Gasteiger partial charge in [0.2, 0.25) is 0 Å². The Morgan fingerprint density at radius 2 is 0.548 bits per heavy atom. The number of aliphatic hydroxyl groups excluding tert-OH is 1. The van der Waals surface area contributed by atoms with Gasteiger partial charge < -0.3 is 33.8 Å². The van der Waals surface area contributed by atoms with E-state index in [1.54, 1.807) is 0 Å². The number of esters is 4. The number of ether oxygens (including phenoxy) is 4. The lowest BCUT2D eigenvalue weighted by Crippen LogP contribution is -2.30. The summed E-state index contributed by atoms with van der Waals surface area (Å²) in [6.07, 6.45) is 40.5. The standard InChI is InChI=1S/C65H126O17P2/c1-7-9-11-13-15-16-17-21-24-30-36-42-48-63(68)76-54-61(81-64(69)49-43-37-31-25-22-19-18-20-23-28-33-39-45-57(3)4)56-80-84(73,74)78-52-59(66)51-77-83(71,72)79-55-60(53-75-62(67)47-41-35-27-14-12-10-8-2)82-65(70)50-44-38-32-26-29-34-40-46-58(5)6/h57-61,66H,7-56H2,1-6H3,(H,71,72)(H,73,74)/t59-,60+,61+/m0/s1. The van der Waals surface area contributed by atoms with Gasteiger partial charge in [0.05, 0.1) is 26.4 Å². The summed E-state index contributed by atoms with van der Waals surface area (Å²) in [6, 6.07) is 0. The van der Waals surface area contributed by atoms with Crippen molar-refractivity contribution in [2.45, 2.75) is 342 Å². The molecule has 0 aromatic carbocycles. The van der Waals surface area contributed by atoms with Gasteiger partial charge in [0.15, 0.2) is 12.2 Å². The number of carbonyl (C=O) groups is 4. The molecule has 0 fully saturated rings. The fourth-order valence-corrected chi connectivity index (χ4v) is 11.3. The molecule has 0 heterocycles. The third kappa shape index (κ3) is 59.0. The van der Waals surface area contributed by atoms with E-state index in [-0.39, 0.29) is 25.7 Å². The zero-order chi connectivity index (χ0) is 62.2. The van der Waals surface area contributed by atoms with E-state index in [9.17, 15) is 43.2 Å². The van der Waals surface area contributed by atoms with Crippen molar-refractivity contribution in [3.63, 3.8) is 0 Å². The van der Waals surface area contributed by atoms with E-state index in [0.717, 1.165) is 109 Å². The molecule has 0 saturated carbocycles. The molecule has 0 saturated heterocycles. The Hall–Kier alpha value is -1.94. The highest BCUT2D eigenvalue weighted by molar-refractivity contribution is 7.47. The Labute approximate surface area is 511 Å². The molecule has 0 amide bonds. The maximum Gasteiger partial charge on any atom is 0.472 e. The van der Waals surface area contributed by atoms with Gasteiger partial charge in [-0.25, -0.2) is 9.13 Å². The lowest BCUT2D eigenvalue weighted by molar-refractivity contribution is -0.161. The molecule has 19 heteroatoms. The van der Waals surface area contributed by atoms with Crippen molar-refractivity contribution in [3.8, 4) is 0 Å². The lowest BCUT2D eigenvalue weighted by Gasteiger charge is -2.21. The summed E-state index contributed by atoms with van der Waals surface area (Å²) >= 11 is 0. The van der Waals surface area contributed by atoms with Crippen LogP contribution in [-0.4, -0.2) is 96.7 Å². The molecule has 5 atom stereocenters. The molecule has 0 radical (unpaired) electrons. The van der Waals surface area contributed by atoms with E-state index in [0.29, 0.717) is 31.6 Å². The van der Waals surface area contributed by atoms with E-state index < -0.39 is 97.5 Å². The Kier molecular flexibility index (Phi) is 56.2. The second kappa shape index (κ2) is 57.5. The summed E-state index contributed by atoms with van der Waals surface area (Å²) < 4.78 is 68.0. The number of phosphoric acid groups is 2. The van der Waals surface area contributed by atoms with Crippen LogP contribution in [0.3, 0.4) is 0 Å². The lowest BCUT2D eigenvalue weighted by atomic mass is 10.0. The van der Waals surface area contributed by atoms with Crippen LogP contribution in [0, 0.1) is 11.8 Å². The quantitative estimate of drug-likeness (QED) is 0.0222. The Balaban J connectivity index is 5.21. The van der Waals surface area contributed by atoms with Crippen LogP contribution >= 0.6 is 15.6 Å². The molecule has 498 valence electrons. The van der Waals surface area contributed by atoms with Crippen molar-refractivity contribution < 1.29 is 80.2 Å². The number of rotatable bonds is 64. The van der Waals surface area contributed by atoms with Crippen molar-refractivity contribution >= 4 is 39.5 Å². The summed E-state index contributed by atoms with van der Waals surface area (Å²) in [4.78, 5) is 72.1. The maximum absolute atomic E-state index is 13.0. The van der Waals surface area contributed by atoms with Gasteiger partial charge >= 0.3 is 39.5 Å². The predicted molar refractivity (Wildman–Crippen MR) is 335 cm³/mol. The second-order valence-electron chi connectivity index (χ2n) is 24.5. The first-order valence-corrected chi connectivity index (χ1v) is 37.0. The molecule has 3 N–H and O–H groups in total. The molecule has 0 rings (SSSR count). The van der Waals surface area contributed by atoms with Crippen molar-refractivity contribution in [1.29, 1.82) is 0 Å². The molecule has 2 unspecified atom stereocenters. The van der Waals surface area contributed by atoms with E-state index in [4.69, 9.17) is 37.0 Å². The number of phosphoric ester groups is 2. The van der Waals surface area contributed by atoms with E-state index in [2.05, 4.69) is 41.5 Å². The van der Waals surface area contributed by atoms with E-state index in [1.807, 2.05) is 0 Å². The summed E-state index contributed by atoms with van der Waals surface area (Å²) in [5.74, 6) is -0.664. The molecule has 0 aliphatic carbocycles. The summed E-state index contributed by atoms with van der Waals surface area (Å²) in [6.45, 7) is 9.41. The normalized spacial score (nSPS) is 14.3. The minimum Gasteiger partial charge on any atom is -0.462 e. The number of unbranched alkanes of at least 4 members (excludes halogenated alkanes) is 34. The minimum absolute atomic E-state index is 0.103. The van der Waals surface area contributed by atoms with Gasteiger partial charge in [-0.3, -0.25) is 37.3 Å². The first kappa shape index (κ1) is 82.1. The molecule has 17 nitrogen and oxygen atoms in total. The van der Waals surface area contributed by atoms with Gasteiger partial charge in [-0.15, -0.1) is 0 Å². The zero-order valence-corrected chi connectivity index (χ0v) is 56.0. The second-order valence-corrected chi connectivity index (χ2v) is 27.4. The fourth-order valence-electron chi connectivity index (χ4n) is 9.71. The largest absolute Gasteiger partial charge is 0.472 e. The SMILES string of the molecule is CCCCCCCCCCCCCCC(=O)OC[C@H](COP(=O)(O)OC[C@@H](O)COP(=O)(O)OC[C@@H](COC(=O)CCCCCCCCC)OC(=O)CCCCCCCCCC(C)C)OC(=O)CCCCCCCCCCCCCCC(C)C. The van der Waals surface area contributed by atoms with Crippen LogP contribution in [0.15, 0.2) is 0 Å². The van der Waals surface area contributed by atoms with Crippen LogP contribution in [0.1, 0.15) is 324 Å². The summed E-state index contributed by atoms with van der Waals surface area (Å²) in [7, 11) is -9.88.